The molecular formula is C14H26N4O. The van der Waals surface area contributed by atoms with E-state index >= 15 is 0 Å². The molecule has 19 heavy (non-hydrogen) atoms. The monoisotopic (exact) mass is 266 g/mol. The molecule has 1 aromatic rings. The lowest BCUT2D eigenvalue weighted by Gasteiger charge is -2.37. The van der Waals surface area contributed by atoms with Gasteiger partial charge in [-0.1, -0.05) is 0 Å². The number of likely N-dealkylation sites (N-methyl/N-ethyl adjacent to an activating group) is 1. The first-order valence-electron chi connectivity index (χ1n) is 7.06. The van der Waals surface area contributed by atoms with Crippen molar-refractivity contribution in [3.8, 4) is 5.75 Å². The lowest BCUT2D eigenvalue weighted by Crippen LogP contribution is -2.34. The summed E-state index contributed by atoms with van der Waals surface area (Å²) in [6.45, 7) is 3.00. The number of nitrogens with one attached hydrogen (secondary N) is 1. The van der Waals surface area contributed by atoms with Crippen LogP contribution in [0.4, 0.5) is 0 Å². The molecule has 1 fully saturated rings. The van der Waals surface area contributed by atoms with Gasteiger partial charge in [-0.3, -0.25) is 4.68 Å². The Kier molecular flexibility index (Phi) is 4.82. The Balaban J connectivity index is 2.14. The summed E-state index contributed by atoms with van der Waals surface area (Å²) in [6, 6.07) is 0. The maximum atomic E-state index is 5.50. The summed E-state index contributed by atoms with van der Waals surface area (Å²) in [5, 5.41) is 7.79. The SMILES string of the molecule is CNCC1CCC1c1c(OC)cnn1CCN(C)C. The van der Waals surface area contributed by atoms with Gasteiger partial charge in [0.05, 0.1) is 25.5 Å². The molecule has 2 unspecified atom stereocenters. The highest BCUT2D eigenvalue weighted by atomic mass is 16.5. The Morgan fingerprint density at radius 1 is 1.47 bits per heavy atom. The third-order valence-electron chi connectivity index (χ3n) is 4.06. The molecule has 1 saturated carbocycles. The number of ether oxygens (including phenoxy) is 1. The molecule has 0 amide bonds. The quantitative estimate of drug-likeness (QED) is 0.804. The van der Waals surface area contributed by atoms with Gasteiger partial charge in [0, 0.05) is 12.5 Å². The van der Waals surface area contributed by atoms with Gasteiger partial charge >= 0.3 is 0 Å². The van der Waals surface area contributed by atoms with Crippen molar-refractivity contribution in [3.63, 3.8) is 0 Å². The zero-order valence-corrected chi connectivity index (χ0v) is 12.5. The van der Waals surface area contributed by atoms with Crippen LogP contribution in [0.15, 0.2) is 6.20 Å². The minimum Gasteiger partial charge on any atom is -0.493 e. The molecule has 0 aromatic carbocycles. The van der Waals surface area contributed by atoms with Crippen LogP contribution in [0.2, 0.25) is 0 Å². The molecule has 1 N–H and O–H groups in total. The topological polar surface area (TPSA) is 42.3 Å². The summed E-state index contributed by atoms with van der Waals surface area (Å²) in [5.74, 6) is 2.25. The van der Waals surface area contributed by atoms with E-state index in [2.05, 4.69) is 34.1 Å². The molecule has 0 saturated heterocycles. The van der Waals surface area contributed by atoms with Crippen LogP contribution < -0.4 is 10.1 Å². The summed E-state index contributed by atoms with van der Waals surface area (Å²) in [4.78, 5) is 2.18. The number of rotatable bonds is 7. The molecule has 5 heteroatoms. The minimum absolute atomic E-state index is 0.590. The molecule has 108 valence electrons. The van der Waals surface area contributed by atoms with Gasteiger partial charge in [-0.2, -0.15) is 5.10 Å². The number of nitrogens with zero attached hydrogens (tertiary/aromatic N) is 3. The van der Waals surface area contributed by atoms with Gasteiger partial charge in [0.1, 0.15) is 0 Å². The van der Waals surface area contributed by atoms with Crippen molar-refractivity contribution in [2.45, 2.75) is 25.3 Å². The Hall–Kier alpha value is -1.07. The molecule has 1 aliphatic carbocycles. The van der Waals surface area contributed by atoms with Gasteiger partial charge in [-0.25, -0.2) is 0 Å². The van der Waals surface area contributed by atoms with E-state index in [0.29, 0.717) is 11.8 Å². The molecule has 2 atom stereocenters. The Morgan fingerprint density at radius 3 is 2.79 bits per heavy atom. The summed E-state index contributed by atoms with van der Waals surface area (Å²) in [6.07, 6.45) is 4.41. The van der Waals surface area contributed by atoms with E-state index in [1.165, 1.54) is 18.5 Å². The van der Waals surface area contributed by atoms with Crippen LogP contribution in [-0.4, -0.2) is 56.0 Å². The van der Waals surface area contributed by atoms with Gasteiger partial charge < -0.3 is 15.0 Å². The van der Waals surface area contributed by atoms with Crippen LogP contribution in [0.25, 0.3) is 0 Å². The Morgan fingerprint density at radius 2 is 2.26 bits per heavy atom. The van der Waals surface area contributed by atoms with E-state index < -0.39 is 0 Å². The minimum atomic E-state index is 0.590. The largest absolute Gasteiger partial charge is 0.493 e. The van der Waals surface area contributed by atoms with Crippen molar-refractivity contribution in [1.29, 1.82) is 0 Å². The second-order valence-electron chi connectivity index (χ2n) is 5.63. The fourth-order valence-corrected chi connectivity index (χ4v) is 2.82. The highest BCUT2D eigenvalue weighted by molar-refractivity contribution is 5.31. The first-order chi connectivity index (χ1) is 9.17. The fourth-order valence-electron chi connectivity index (χ4n) is 2.82. The lowest BCUT2D eigenvalue weighted by molar-refractivity contribution is 0.229. The number of methoxy groups -OCH3 is 1. The van der Waals surface area contributed by atoms with E-state index in [0.717, 1.165) is 25.4 Å². The van der Waals surface area contributed by atoms with Crippen LogP contribution >= 0.6 is 0 Å². The van der Waals surface area contributed by atoms with Crippen molar-refractivity contribution >= 4 is 0 Å². The average molecular weight is 266 g/mol. The Bertz CT molecular complexity index is 402. The highest BCUT2D eigenvalue weighted by Gasteiger charge is 2.36. The second-order valence-corrected chi connectivity index (χ2v) is 5.63. The number of aromatic nitrogens is 2. The van der Waals surface area contributed by atoms with E-state index in [1.807, 2.05) is 13.2 Å². The predicted octanol–water partition coefficient (Wildman–Crippen LogP) is 1.17. The zero-order chi connectivity index (χ0) is 13.8. The summed E-state index contributed by atoms with van der Waals surface area (Å²) >= 11 is 0. The molecule has 1 aliphatic rings. The molecule has 0 spiro atoms. The summed E-state index contributed by atoms with van der Waals surface area (Å²) in [5.41, 5.74) is 1.29. The molecule has 2 rings (SSSR count). The molecule has 0 radical (unpaired) electrons. The first kappa shape index (κ1) is 14.3. The normalized spacial score (nSPS) is 22.6. The fraction of sp³-hybridized carbons (Fsp3) is 0.786. The van der Waals surface area contributed by atoms with Gasteiger partial charge in [0.15, 0.2) is 5.75 Å². The van der Waals surface area contributed by atoms with Crippen molar-refractivity contribution in [1.82, 2.24) is 20.0 Å². The molecule has 5 nitrogen and oxygen atoms in total. The predicted molar refractivity (Wildman–Crippen MR) is 76.7 cm³/mol. The Labute approximate surface area is 115 Å². The highest BCUT2D eigenvalue weighted by Crippen LogP contribution is 2.45. The maximum Gasteiger partial charge on any atom is 0.160 e. The third-order valence-corrected chi connectivity index (χ3v) is 4.06. The first-order valence-corrected chi connectivity index (χ1v) is 7.06. The van der Waals surface area contributed by atoms with Crippen molar-refractivity contribution in [3.05, 3.63) is 11.9 Å². The second kappa shape index (κ2) is 6.39. The molecule has 1 heterocycles. The number of hydrogen-bond acceptors (Lipinski definition) is 4. The smallest absolute Gasteiger partial charge is 0.160 e. The molecule has 1 aromatic heterocycles. The summed E-state index contributed by atoms with van der Waals surface area (Å²) < 4.78 is 7.63. The van der Waals surface area contributed by atoms with Gasteiger partial charge in [-0.05, 0) is 46.4 Å². The van der Waals surface area contributed by atoms with Crippen molar-refractivity contribution < 1.29 is 4.74 Å². The molecule has 0 bridgehead atoms. The molecule has 0 aliphatic heterocycles. The van der Waals surface area contributed by atoms with E-state index in [4.69, 9.17) is 4.74 Å². The van der Waals surface area contributed by atoms with Gasteiger partial charge in [0.2, 0.25) is 0 Å². The van der Waals surface area contributed by atoms with Crippen LogP contribution in [0, 0.1) is 5.92 Å². The van der Waals surface area contributed by atoms with Crippen LogP contribution in [-0.2, 0) is 6.54 Å². The van der Waals surface area contributed by atoms with Crippen LogP contribution in [0.1, 0.15) is 24.5 Å². The van der Waals surface area contributed by atoms with Crippen LogP contribution in [0.3, 0.4) is 0 Å². The van der Waals surface area contributed by atoms with E-state index in [9.17, 15) is 0 Å². The van der Waals surface area contributed by atoms with E-state index in [-0.39, 0.29) is 0 Å². The van der Waals surface area contributed by atoms with Gasteiger partial charge in [0.25, 0.3) is 0 Å². The zero-order valence-electron chi connectivity index (χ0n) is 12.5. The molecular weight excluding hydrogens is 240 g/mol. The van der Waals surface area contributed by atoms with Crippen molar-refractivity contribution in [2.75, 3.05) is 41.3 Å². The van der Waals surface area contributed by atoms with E-state index in [1.54, 1.807) is 7.11 Å². The van der Waals surface area contributed by atoms with Gasteiger partial charge in [-0.15, -0.1) is 0 Å². The maximum absolute atomic E-state index is 5.50. The number of hydrogen-bond donors (Lipinski definition) is 1. The lowest BCUT2D eigenvalue weighted by atomic mass is 9.71. The third kappa shape index (κ3) is 3.09. The van der Waals surface area contributed by atoms with Crippen LogP contribution in [0.5, 0.6) is 5.75 Å². The summed E-state index contributed by atoms with van der Waals surface area (Å²) in [7, 11) is 7.94. The van der Waals surface area contributed by atoms with Crippen molar-refractivity contribution in [2.24, 2.45) is 5.92 Å². The average Bonchev–Trinajstić information content (AvgIpc) is 2.75. The standard InChI is InChI=1S/C14H26N4O/c1-15-9-11-5-6-12(11)14-13(19-4)10-16-18(14)8-7-17(2)3/h10-12,15H,5-9H2,1-4H3.